The van der Waals surface area contributed by atoms with E-state index in [0.29, 0.717) is 24.6 Å². The van der Waals surface area contributed by atoms with Crippen LogP contribution in [0.1, 0.15) is 17.0 Å². The van der Waals surface area contributed by atoms with E-state index in [4.69, 9.17) is 4.74 Å². The van der Waals surface area contributed by atoms with Gasteiger partial charge in [-0.1, -0.05) is 0 Å². The van der Waals surface area contributed by atoms with E-state index in [1.165, 1.54) is 12.1 Å². The molecule has 4 rings (SSSR count). The van der Waals surface area contributed by atoms with Crippen LogP contribution in [-0.4, -0.2) is 38.3 Å². The molecule has 2 amide bonds. The van der Waals surface area contributed by atoms with Gasteiger partial charge in [-0.2, -0.15) is 9.50 Å². The van der Waals surface area contributed by atoms with Gasteiger partial charge in [0.2, 0.25) is 0 Å². The number of hydrogen-bond acceptors (Lipinski definition) is 5. The van der Waals surface area contributed by atoms with Crippen molar-refractivity contribution in [2.45, 2.75) is 26.3 Å². The van der Waals surface area contributed by atoms with Gasteiger partial charge in [0, 0.05) is 11.4 Å². The number of rotatable bonds is 2. The Labute approximate surface area is 148 Å². The summed E-state index contributed by atoms with van der Waals surface area (Å²) in [7, 11) is 0. The highest BCUT2D eigenvalue weighted by molar-refractivity contribution is 5.87. The zero-order valence-corrected chi connectivity index (χ0v) is 14.3. The summed E-state index contributed by atoms with van der Waals surface area (Å²) in [5, 5.41) is 9.61. The molecule has 1 aliphatic rings. The Hall–Kier alpha value is -3.23. The first-order chi connectivity index (χ1) is 12.5. The average Bonchev–Trinajstić information content (AvgIpc) is 2.96. The molecule has 0 radical (unpaired) electrons. The smallest absolute Gasteiger partial charge is 0.322 e. The Bertz CT molecular complexity index is 1000. The number of benzene rings is 1. The first-order valence-corrected chi connectivity index (χ1v) is 8.18. The molecule has 3 aromatic rings. The molecule has 3 heterocycles. The lowest BCUT2D eigenvalue weighted by Gasteiger charge is -2.25. The third-order valence-electron chi connectivity index (χ3n) is 4.11. The quantitative estimate of drug-likeness (QED) is 0.733. The molecule has 0 aliphatic carbocycles. The van der Waals surface area contributed by atoms with Crippen LogP contribution >= 0.6 is 0 Å². The molecule has 0 fully saturated rings. The van der Waals surface area contributed by atoms with E-state index in [1.807, 2.05) is 19.9 Å². The van der Waals surface area contributed by atoms with Crippen molar-refractivity contribution in [3.05, 3.63) is 47.0 Å². The Balaban J connectivity index is 1.44. The molecule has 0 spiro atoms. The molecule has 26 heavy (non-hydrogen) atoms. The lowest BCUT2D eigenvalue weighted by atomic mass is 10.0. The molecule has 134 valence electrons. The zero-order valence-electron chi connectivity index (χ0n) is 14.3. The van der Waals surface area contributed by atoms with E-state index in [2.05, 4.69) is 25.7 Å². The van der Waals surface area contributed by atoms with Gasteiger partial charge in [0.15, 0.2) is 0 Å². The summed E-state index contributed by atoms with van der Waals surface area (Å²) in [6.07, 6.45) is 0.485. The van der Waals surface area contributed by atoms with Gasteiger partial charge < -0.3 is 10.1 Å². The second kappa shape index (κ2) is 6.25. The largest absolute Gasteiger partial charge is 0.491 e. The van der Waals surface area contributed by atoms with Crippen LogP contribution in [0.4, 0.5) is 15.1 Å². The Morgan fingerprint density at radius 1 is 1.31 bits per heavy atom. The number of aromatic nitrogens is 4. The number of aryl methyl sites for hydroxylation is 2. The molecule has 8 nitrogen and oxygen atoms in total. The van der Waals surface area contributed by atoms with Crippen molar-refractivity contribution >= 4 is 17.8 Å². The molecule has 1 aromatic carbocycles. The topological polar surface area (TPSA) is 93.4 Å². The van der Waals surface area contributed by atoms with Gasteiger partial charge in [0.25, 0.3) is 11.7 Å². The van der Waals surface area contributed by atoms with Gasteiger partial charge in [-0.25, -0.2) is 14.2 Å². The van der Waals surface area contributed by atoms with Crippen LogP contribution in [0, 0.1) is 19.7 Å². The van der Waals surface area contributed by atoms with Crippen molar-refractivity contribution < 1.29 is 13.9 Å². The van der Waals surface area contributed by atoms with Crippen LogP contribution in [0.15, 0.2) is 24.3 Å². The third kappa shape index (κ3) is 3.15. The minimum atomic E-state index is -0.455. The number of carbonyl (C=O) groups is 1. The molecule has 9 heteroatoms. The van der Waals surface area contributed by atoms with Crippen LogP contribution in [-0.2, 0) is 6.42 Å². The SMILES string of the molecule is Cc1cc(C)n2nc(NC(=O)NC3COc4ccc(F)cc4C3)nc2n1. The second-order valence-electron chi connectivity index (χ2n) is 6.25. The summed E-state index contributed by atoms with van der Waals surface area (Å²) >= 11 is 0. The number of carbonyl (C=O) groups excluding carboxylic acids is 1. The van der Waals surface area contributed by atoms with E-state index < -0.39 is 6.03 Å². The number of nitrogens with zero attached hydrogens (tertiary/aromatic N) is 4. The molecule has 1 aliphatic heterocycles. The number of halogens is 1. The summed E-state index contributed by atoms with van der Waals surface area (Å²) in [6.45, 7) is 4.06. The van der Waals surface area contributed by atoms with Crippen molar-refractivity contribution in [3.63, 3.8) is 0 Å². The van der Waals surface area contributed by atoms with E-state index in [9.17, 15) is 9.18 Å². The molecule has 0 saturated heterocycles. The van der Waals surface area contributed by atoms with Crippen LogP contribution in [0.5, 0.6) is 5.75 Å². The summed E-state index contributed by atoms with van der Waals surface area (Å²) < 4.78 is 20.5. The number of amides is 2. The van der Waals surface area contributed by atoms with Crippen LogP contribution < -0.4 is 15.4 Å². The molecule has 1 unspecified atom stereocenters. The molecular formula is C17H17FN6O2. The van der Waals surface area contributed by atoms with E-state index in [1.54, 1.807) is 10.6 Å². The van der Waals surface area contributed by atoms with Crippen molar-refractivity contribution in [3.8, 4) is 5.75 Å². The minimum Gasteiger partial charge on any atom is -0.491 e. The van der Waals surface area contributed by atoms with E-state index in [-0.39, 0.29) is 17.8 Å². The Morgan fingerprint density at radius 2 is 2.15 bits per heavy atom. The molecular weight excluding hydrogens is 339 g/mol. The lowest BCUT2D eigenvalue weighted by Crippen LogP contribution is -2.44. The highest BCUT2D eigenvalue weighted by Crippen LogP contribution is 2.25. The number of hydrogen-bond donors (Lipinski definition) is 2. The predicted molar refractivity (Wildman–Crippen MR) is 91.8 cm³/mol. The van der Waals surface area contributed by atoms with Crippen molar-refractivity contribution in [2.24, 2.45) is 0 Å². The van der Waals surface area contributed by atoms with Gasteiger partial charge in [-0.3, -0.25) is 5.32 Å². The van der Waals surface area contributed by atoms with Crippen molar-refractivity contribution in [1.82, 2.24) is 24.9 Å². The molecule has 1 atom stereocenters. The summed E-state index contributed by atoms with van der Waals surface area (Å²) in [4.78, 5) is 20.7. The van der Waals surface area contributed by atoms with Crippen LogP contribution in [0.3, 0.4) is 0 Å². The van der Waals surface area contributed by atoms with Gasteiger partial charge in [0.05, 0.1) is 6.04 Å². The summed E-state index contributed by atoms with van der Waals surface area (Å²) in [6, 6.07) is 5.51. The maximum atomic E-state index is 13.4. The first kappa shape index (κ1) is 16.2. The molecule has 2 aromatic heterocycles. The predicted octanol–water partition coefficient (Wildman–Crippen LogP) is 2.01. The maximum absolute atomic E-state index is 13.4. The average molecular weight is 356 g/mol. The fraction of sp³-hybridized carbons (Fsp3) is 0.294. The maximum Gasteiger partial charge on any atom is 0.322 e. The summed E-state index contributed by atoms with van der Waals surface area (Å²) in [5.74, 6) is 0.892. The fourth-order valence-corrected chi connectivity index (χ4v) is 3.00. The van der Waals surface area contributed by atoms with Crippen LogP contribution in [0.25, 0.3) is 5.78 Å². The van der Waals surface area contributed by atoms with Gasteiger partial charge in [-0.05, 0) is 50.1 Å². The molecule has 2 N–H and O–H groups in total. The highest BCUT2D eigenvalue weighted by atomic mass is 19.1. The number of urea groups is 1. The van der Waals surface area contributed by atoms with Gasteiger partial charge in [-0.15, -0.1) is 5.10 Å². The van der Waals surface area contributed by atoms with E-state index >= 15 is 0 Å². The monoisotopic (exact) mass is 356 g/mol. The highest BCUT2D eigenvalue weighted by Gasteiger charge is 2.22. The number of anilines is 1. The first-order valence-electron chi connectivity index (χ1n) is 8.18. The van der Waals surface area contributed by atoms with Gasteiger partial charge in [0.1, 0.15) is 18.2 Å². The number of nitrogens with one attached hydrogen (secondary N) is 2. The minimum absolute atomic E-state index is 0.159. The van der Waals surface area contributed by atoms with Crippen molar-refractivity contribution in [1.29, 1.82) is 0 Å². The zero-order chi connectivity index (χ0) is 18.3. The molecule has 0 saturated carbocycles. The number of fused-ring (bicyclic) bond motifs is 2. The second-order valence-corrected chi connectivity index (χ2v) is 6.25. The standard InChI is InChI=1S/C17H17FN6O2/c1-9-5-10(2)24-16(19-9)21-15(23-24)22-17(25)20-13-7-11-6-12(18)3-4-14(11)26-8-13/h3-6,13H,7-8H2,1-2H3,(H2,20,22,23,25). The Kier molecular flexibility index (Phi) is 3.90. The molecule has 0 bridgehead atoms. The lowest BCUT2D eigenvalue weighted by molar-refractivity contribution is 0.222. The van der Waals surface area contributed by atoms with Gasteiger partial charge >= 0.3 is 6.03 Å². The van der Waals surface area contributed by atoms with Crippen molar-refractivity contribution in [2.75, 3.05) is 11.9 Å². The van der Waals surface area contributed by atoms with E-state index in [0.717, 1.165) is 17.0 Å². The normalized spacial score (nSPS) is 16.0. The summed E-state index contributed by atoms with van der Waals surface area (Å²) in [5.41, 5.74) is 2.42. The third-order valence-corrected chi connectivity index (χ3v) is 4.11. The fourth-order valence-electron chi connectivity index (χ4n) is 3.00. The number of ether oxygens (including phenoxy) is 1. The van der Waals surface area contributed by atoms with Crippen LogP contribution in [0.2, 0.25) is 0 Å². The Morgan fingerprint density at radius 3 is 3.00 bits per heavy atom.